The van der Waals surface area contributed by atoms with Crippen LogP contribution in [0, 0.1) is 6.92 Å². The average Bonchev–Trinajstić information content (AvgIpc) is 3.03. The number of H-pyrrole nitrogens is 1. The normalized spacial score (nSPS) is 14.8. The van der Waals surface area contributed by atoms with Crippen LogP contribution in [0.5, 0.6) is 0 Å². The van der Waals surface area contributed by atoms with Gasteiger partial charge in [0.25, 0.3) is 5.56 Å². The summed E-state index contributed by atoms with van der Waals surface area (Å²) >= 11 is 0. The van der Waals surface area contributed by atoms with Gasteiger partial charge in [0.2, 0.25) is 0 Å². The van der Waals surface area contributed by atoms with Gasteiger partial charge >= 0.3 is 6.09 Å². The zero-order valence-corrected chi connectivity index (χ0v) is 15.4. The zero-order valence-electron chi connectivity index (χ0n) is 15.4. The third kappa shape index (κ3) is 3.87. The molecule has 1 fully saturated rings. The molecule has 26 heavy (non-hydrogen) atoms. The minimum Gasteiger partial charge on any atom is -0.448 e. The Bertz CT molecular complexity index is 879. The van der Waals surface area contributed by atoms with E-state index in [9.17, 15) is 9.59 Å². The fourth-order valence-electron chi connectivity index (χ4n) is 2.93. The summed E-state index contributed by atoms with van der Waals surface area (Å²) in [6.45, 7) is 7.54. The lowest BCUT2D eigenvalue weighted by Gasteiger charge is -2.14. The fraction of sp³-hybridized carbons (Fsp3) is 0.333. The topological polar surface area (TPSA) is 62.4 Å². The van der Waals surface area contributed by atoms with Gasteiger partial charge in [-0.3, -0.25) is 4.79 Å². The van der Waals surface area contributed by atoms with Gasteiger partial charge < -0.3 is 14.6 Å². The molecule has 5 heteroatoms. The summed E-state index contributed by atoms with van der Waals surface area (Å²) in [5.41, 5.74) is 4.47. The number of carbonyl (C=O) groups excluding carboxylic acids is 1. The van der Waals surface area contributed by atoms with Gasteiger partial charge in [-0.2, -0.15) is 0 Å². The zero-order chi connectivity index (χ0) is 18.7. The van der Waals surface area contributed by atoms with Crippen molar-refractivity contribution in [2.75, 3.05) is 19.7 Å². The van der Waals surface area contributed by atoms with E-state index >= 15 is 0 Å². The number of rotatable bonds is 5. The number of carbonyl (C=O) groups is 1. The highest BCUT2D eigenvalue weighted by Crippen LogP contribution is 2.24. The van der Waals surface area contributed by atoms with Crippen LogP contribution in [0.15, 0.2) is 47.3 Å². The van der Waals surface area contributed by atoms with Crippen molar-refractivity contribution in [3.63, 3.8) is 0 Å². The van der Waals surface area contributed by atoms with Gasteiger partial charge in [0, 0.05) is 23.4 Å². The van der Waals surface area contributed by atoms with Crippen molar-refractivity contribution >= 4 is 11.7 Å². The van der Waals surface area contributed by atoms with Gasteiger partial charge in [-0.15, -0.1) is 0 Å². The summed E-state index contributed by atoms with van der Waals surface area (Å²) in [5.74, 6) is 0.454. The molecule has 3 rings (SSSR count). The molecule has 0 spiro atoms. The molecule has 5 nitrogen and oxygen atoms in total. The standard InChI is InChI=1S/C21H24N2O3/c1-14(2)16-5-7-17(8-6-16)18(10-11-23-12-13-26-21(23)25)19-9-4-15(3)20(24)22-19/h4-10,14H,11-13H2,1-3H3,(H,22,24)/b18-10+. The largest absolute Gasteiger partial charge is 0.448 e. The SMILES string of the molecule is Cc1ccc(/C(=C/CN2CCOC2=O)c2ccc(C(C)C)cc2)[nH]c1=O. The molecule has 0 atom stereocenters. The molecule has 1 aliphatic heterocycles. The summed E-state index contributed by atoms with van der Waals surface area (Å²) in [6.07, 6.45) is 1.67. The maximum Gasteiger partial charge on any atom is 0.410 e. The first-order valence-electron chi connectivity index (χ1n) is 8.88. The Kier molecular flexibility index (Phi) is 5.26. The van der Waals surface area contributed by atoms with Crippen LogP contribution in [0.3, 0.4) is 0 Å². The van der Waals surface area contributed by atoms with Crippen LogP contribution in [0.4, 0.5) is 4.79 Å². The van der Waals surface area contributed by atoms with Gasteiger partial charge in [0.15, 0.2) is 0 Å². The maximum atomic E-state index is 12.1. The van der Waals surface area contributed by atoms with Gasteiger partial charge in [0.05, 0.1) is 6.54 Å². The van der Waals surface area contributed by atoms with Crippen LogP contribution in [-0.4, -0.2) is 35.7 Å². The molecule has 2 heterocycles. The van der Waals surface area contributed by atoms with Crippen molar-refractivity contribution in [2.45, 2.75) is 26.7 Å². The van der Waals surface area contributed by atoms with Gasteiger partial charge in [-0.05, 0) is 30.0 Å². The highest BCUT2D eigenvalue weighted by Gasteiger charge is 2.21. The lowest BCUT2D eigenvalue weighted by Crippen LogP contribution is -2.24. The number of nitrogens with one attached hydrogen (secondary N) is 1. The Labute approximate surface area is 153 Å². The lowest BCUT2D eigenvalue weighted by atomic mass is 9.96. The minimum absolute atomic E-state index is 0.104. The Morgan fingerprint density at radius 1 is 1.19 bits per heavy atom. The molecule has 136 valence electrons. The second-order valence-corrected chi connectivity index (χ2v) is 6.84. The fourth-order valence-corrected chi connectivity index (χ4v) is 2.93. The second-order valence-electron chi connectivity index (χ2n) is 6.84. The van der Waals surface area contributed by atoms with Crippen molar-refractivity contribution in [1.29, 1.82) is 0 Å². The predicted octanol–water partition coefficient (Wildman–Crippen LogP) is 3.69. The van der Waals surface area contributed by atoms with Crippen LogP contribution in [-0.2, 0) is 4.74 Å². The number of hydrogen-bond acceptors (Lipinski definition) is 3. The summed E-state index contributed by atoms with van der Waals surface area (Å²) in [5, 5.41) is 0. The number of aromatic amines is 1. The molecule has 1 saturated heterocycles. The lowest BCUT2D eigenvalue weighted by molar-refractivity contribution is 0.161. The molecule has 1 amide bonds. The minimum atomic E-state index is -0.298. The van der Waals surface area contributed by atoms with E-state index in [1.807, 2.05) is 18.2 Å². The predicted molar refractivity (Wildman–Crippen MR) is 102 cm³/mol. The summed E-state index contributed by atoms with van der Waals surface area (Å²) in [4.78, 5) is 28.3. The van der Waals surface area contributed by atoms with E-state index in [1.54, 1.807) is 11.8 Å². The molecule has 1 aromatic carbocycles. The molecular weight excluding hydrogens is 328 g/mol. The first kappa shape index (κ1) is 18.0. The van der Waals surface area contributed by atoms with E-state index in [0.29, 0.717) is 31.2 Å². The quantitative estimate of drug-likeness (QED) is 0.893. The van der Waals surface area contributed by atoms with E-state index in [1.165, 1.54) is 5.56 Å². The first-order valence-corrected chi connectivity index (χ1v) is 8.88. The van der Waals surface area contributed by atoms with E-state index in [0.717, 1.165) is 16.8 Å². The van der Waals surface area contributed by atoms with E-state index in [-0.39, 0.29) is 11.7 Å². The van der Waals surface area contributed by atoms with Crippen molar-refractivity contribution in [3.8, 4) is 0 Å². The van der Waals surface area contributed by atoms with Crippen molar-refractivity contribution in [3.05, 3.63) is 75.2 Å². The molecule has 0 unspecified atom stereocenters. The molecule has 0 bridgehead atoms. The number of cyclic esters (lactones) is 1. The van der Waals surface area contributed by atoms with E-state index < -0.39 is 0 Å². The van der Waals surface area contributed by atoms with Crippen LogP contribution >= 0.6 is 0 Å². The highest BCUT2D eigenvalue weighted by atomic mass is 16.6. The van der Waals surface area contributed by atoms with Gasteiger partial charge in [0.1, 0.15) is 6.61 Å². The van der Waals surface area contributed by atoms with Crippen LogP contribution in [0.2, 0.25) is 0 Å². The van der Waals surface area contributed by atoms with E-state index in [2.05, 4.69) is 43.1 Å². The molecule has 1 aromatic heterocycles. The third-order valence-corrected chi connectivity index (χ3v) is 4.65. The average molecular weight is 352 g/mol. The molecule has 1 aliphatic rings. The number of aromatic nitrogens is 1. The van der Waals surface area contributed by atoms with Crippen LogP contribution in [0.1, 0.15) is 42.1 Å². The number of nitrogens with zero attached hydrogens (tertiary/aromatic N) is 1. The van der Waals surface area contributed by atoms with Crippen LogP contribution in [0.25, 0.3) is 5.57 Å². The van der Waals surface area contributed by atoms with Crippen molar-refractivity contribution in [2.24, 2.45) is 0 Å². The second kappa shape index (κ2) is 7.60. The monoisotopic (exact) mass is 352 g/mol. The molecule has 0 saturated carbocycles. The number of ether oxygens (including phenoxy) is 1. The number of amides is 1. The number of aryl methyl sites for hydroxylation is 1. The third-order valence-electron chi connectivity index (χ3n) is 4.65. The number of hydrogen-bond donors (Lipinski definition) is 1. The molecule has 0 radical (unpaired) electrons. The smallest absolute Gasteiger partial charge is 0.410 e. The van der Waals surface area contributed by atoms with E-state index in [4.69, 9.17) is 4.74 Å². The molecular formula is C21H24N2O3. The first-order chi connectivity index (χ1) is 12.5. The summed E-state index contributed by atoms with van der Waals surface area (Å²) in [6, 6.07) is 12.0. The van der Waals surface area contributed by atoms with Crippen molar-refractivity contribution in [1.82, 2.24) is 9.88 Å². The number of benzene rings is 1. The Morgan fingerprint density at radius 3 is 2.50 bits per heavy atom. The Morgan fingerprint density at radius 2 is 1.92 bits per heavy atom. The van der Waals surface area contributed by atoms with Gasteiger partial charge in [-0.1, -0.05) is 50.3 Å². The van der Waals surface area contributed by atoms with Crippen molar-refractivity contribution < 1.29 is 9.53 Å². The molecule has 0 aliphatic carbocycles. The maximum absolute atomic E-state index is 12.1. The van der Waals surface area contributed by atoms with Gasteiger partial charge in [-0.25, -0.2) is 4.79 Å². The Balaban J connectivity index is 1.98. The molecule has 2 aromatic rings. The molecule has 1 N–H and O–H groups in total. The highest BCUT2D eigenvalue weighted by molar-refractivity contribution is 5.79. The summed E-state index contributed by atoms with van der Waals surface area (Å²) in [7, 11) is 0. The number of pyridine rings is 1. The Hall–Kier alpha value is -2.82. The summed E-state index contributed by atoms with van der Waals surface area (Å²) < 4.78 is 4.99. The van der Waals surface area contributed by atoms with Crippen LogP contribution < -0.4 is 5.56 Å².